The predicted molar refractivity (Wildman–Crippen MR) is 128 cm³/mol. The van der Waals surface area contributed by atoms with Crippen molar-refractivity contribution in [2.45, 2.75) is 26.2 Å². The number of phenolic OH excluding ortho intramolecular Hbond substituents is 1. The first-order chi connectivity index (χ1) is 14.9. The number of aliphatic imine (C=N–C) groups is 1. The lowest BCUT2D eigenvalue weighted by molar-refractivity contribution is 0.182. The fourth-order valence-electron chi connectivity index (χ4n) is 3.52. The highest BCUT2D eigenvalue weighted by Gasteiger charge is 2.26. The van der Waals surface area contributed by atoms with Gasteiger partial charge >= 0.3 is 0 Å². The average molecular weight is 421 g/mol. The summed E-state index contributed by atoms with van der Waals surface area (Å²) in [5.74, 6) is 1.68. The summed E-state index contributed by atoms with van der Waals surface area (Å²) in [7, 11) is 3.50. The monoisotopic (exact) mass is 420 g/mol. The Bertz CT molecular complexity index is 964. The third kappa shape index (κ3) is 5.73. The maximum atomic E-state index is 9.83. The van der Waals surface area contributed by atoms with Gasteiger partial charge in [-0.25, -0.2) is 0 Å². The van der Waals surface area contributed by atoms with Crippen molar-refractivity contribution in [3.8, 4) is 5.75 Å². The Morgan fingerprint density at radius 1 is 1.26 bits per heavy atom. The molecule has 0 bridgehead atoms. The van der Waals surface area contributed by atoms with Gasteiger partial charge < -0.3 is 19.6 Å². The van der Waals surface area contributed by atoms with Gasteiger partial charge in [0.1, 0.15) is 11.6 Å². The van der Waals surface area contributed by atoms with E-state index in [0.29, 0.717) is 19.1 Å². The fourth-order valence-corrected chi connectivity index (χ4v) is 3.52. The van der Waals surface area contributed by atoms with Crippen LogP contribution < -0.4 is 4.90 Å². The largest absolute Gasteiger partial charge is 0.508 e. The second-order valence-electron chi connectivity index (χ2n) is 8.09. The first-order valence-electron chi connectivity index (χ1n) is 10.6. The van der Waals surface area contributed by atoms with E-state index in [2.05, 4.69) is 43.0 Å². The Labute approximate surface area is 185 Å². The lowest BCUT2D eigenvalue weighted by Gasteiger charge is -2.22. The van der Waals surface area contributed by atoms with Gasteiger partial charge in [0.05, 0.1) is 6.61 Å². The van der Waals surface area contributed by atoms with Crippen molar-refractivity contribution in [3.63, 3.8) is 0 Å². The molecule has 0 atom stereocenters. The summed E-state index contributed by atoms with van der Waals surface area (Å²) in [4.78, 5) is 8.65. The van der Waals surface area contributed by atoms with Crippen LogP contribution in [0.25, 0.3) is 6.08 Å². The number of aromatic hydroxyl groups is 1. The molecule has 3 rings (SSSR count). The van der Waals surface area contributed by atoms with Gasteiger partial charge in [0.15, 0.2) is 0 Å². The molecule has 1 aliphatic rings. The number of rotatable bonds is 6. The van der Waals surface area contributed by atoms with Gasteiger partial charge in [0.25, 0.3) is 0 Å². The maximum Gasteiger partial charge on any atom is 0.219 e. The maximum absolute atomic E-state index is 9.83. The van der Waals surface area contributed by atoms with Crippen LogP contribution in [0.15, 0.2) is 59.1 Å². The van der Waals surface area contributed by atoms with E-state index in [0.717, 1.165) is 35.6 Å². The van der Waals surface area contributed by atoms with Crippen LogP contribution in [-0.4, -0.2) is 55.7 Å². The van der Waals surface area contributed by atoms with Gasteiger partial charge in [0.2, 0.25) is 5.96 Å². The molecule has 0 radical (unpaired) electrons. The van der Waals surface area contributed by atoms with Gasteiger partial charge in [-0.05, 0) is 59.4 Å². The van der Waals surface area contributed by atoms with Crippen molar-refractivity contribution >= 4 is 23.6 Å². The molecule has 1 aliphatic heterocycles. The number of nitrogens with zero attached hydrogens (tertiary/aromatic N) is 3. The Hall–Kier alpha value is -3.12. The standard InChI is InChI=1S/C25H32N4O2/c1-18(2)20-8-10-22(11-9-20)29-13-12-21(16-19-6-5-7-23(30)17-19)24(29)27-25(26)28(3)14-15-31-4/h5-11,16-18,26,30H,12-15H2,1-4H3. The van der Waals surface area contributed by atoms with Crippen molar-refractivity contribution in [3.05, 3.63) is 65.2 Å². The first kappa shape index (κ1) is 22.6. The zero-order valence-corrected chi connectivity index (χ0v) is 18.8. The molecule has 2 N–H and O–H groups in total. The smallest absolute Gasteiger partial charge is 0.219 e. The molecule has 2 aromatic rings. The predicted octanol–water partition coefficient (Wildman–Crippen LogP) is 4.72. The highest BCUT2D eigenvalue weighted by Crippen LogP contribution is 2.29. The molecule has 1 heterocycles. The molecule has 0 saturated carbocycles. The van der Waals surface area contributed by atoms with Crippen LogP contribution in [0.1, 0.15) is 37.3 Å². The summed E-state index contributed by atoms with van der Waals surface area (Å²) < 4.78 is 5.13. The van der Waals surface area contributed by atoms with Gasteiger partial charge in [-0.3, -0.25) is 5.41 Å². The van der Waals surface area contributed by atoms with E-state index in [4.69, 9.17) is 15.1 Å². The van der Waals surface area contributed by atoms with Crippen LogP contribution in [0, 0.1) is 5.41 Å². The zero-order valence-electron chi connectivity index (χ0n) is 18.8. The molecule has 0 unspecified atom stereocenters. The number of phenols is 1. The number of methoxy groups -OCH3 is 1. The van der Waals surface area contributed by atoms with E-state index in [1.165, 1.54) is 5.56 Å². The summed E-state index contributed by atoms with van der Waals surface area (Å²) in [5.41, 5.74) is 4.32. The van der Waals surface area contributed by atoms with E-state index in [9.17, 15) is 5.11 Å². The third-order valence-electron chi connectivity index (χ3n) is 5.43. The molecule has 0 spiro atoms. The average Bonchev–Trinajstić information content (AvgIpc) is 3.14. The summed E-state index contributed by atoms with van der Waals surface area (Å²) in [6.07, 6.45) is 2.86. The lowest BCUT2D eigenvalue weighted by atomic mass is 10.0. The highest BCUT2D eigenvalue weighted by atomic mass is 16.5. The van der Waals surface area contributed by atoms with Crippen molar-refractivity contribution in [2.75, 3.05) is 38.8 Å². The van der Waals surface area contributed by atoms with Crippen molar-refractivity contribution in [2.24, 2.45) is 4.99 Å². The van der Waals surface area contributed by atoms with Crippen LogP contribution in [0.2, 0.25) is 0 Å². The normalized spacial score (nSPS) is 16.5. The van der Waals surface area contributed by atoms with Crippen LogP contribution in [-0.2, 0) is 4.74 Å². The van der Waals surface area contributed by atoms with Gasteiger partial charge in [0, 0.05) is 32.9 Å². The van der Waals surface area contributed by atoms with Crippen molar-refractivity contribution in [1.29, 1.82) is 5.41 Å². The topological polar surface area (TPSA) is 72.1 Å². The van der Waals surface area contributed by atoms with Crippen molar-refractivity contribution < 1.29 is 9.84 Å². The summed E-state index contributed by atoms with van der Waals surface area (Å²) in [5, 5.41) is 18.3. The van der Waals surface area contributed by atoms with E-state index < -0.39 is 0 Å². The molecule has 0 aliphatic carbocycles. The van der Waals surface area contributed by atoms with Gasteiger partial charge in [-0.15, -0.1) is 0 Å². The number of likely N-dealkylation sites (N-methyl/N-ethyl adjacent to an activating group) is 1. The summed E-state index contributed by atoms with van der Waals surface area (Å²) in [6, 6.07) is 15.8. The molecule has 31 heavy (non-hydrogen) atoms. The molecule has 2 aromatic carbocycles. The highest BCUT2D eigenvalue weighted by molar-refractivity contribution is 6.17. The molecule has 6 heteroatoms. The Morgan fingerprint density at radius 2 is 2.00 bits per heavy atom. The van der Waals surface area contributed by atoms with Crippen LogP contribution in [0.5, 0.6) is 5.75 Å². The molecule has 164 valence electrons. The number of nitrogens with one attached hydrogen (secondary N) is 1. The van der Waals surface area contributed by atoms with E-state index >= 15 is 0 Å². The molecule has 0 amide bonds. The minimum Gasteiger partial charge on any atom is -0.508 e. The molecule has 6 nitrogen and oxygen atoms in total. The summed E-state index contributed by atoms with van der Waals surface area (Å²) >= 11 is 0. The minimum absolute atomic E-state index is 0.194. The number of guanidine groups is 1. The number of hydrogen-bond acceptors (Lipinski definition) is 3. The first-order valence-corrected chi connectivity index (χ1v) is 10.6. The van der Waals surface area contributed by atoms with Crippen LogP contribution in [0.3, 0.4) is 0 Å². The molecular formula is C25H32N4O2. The van der Waals surface area contributed by atoms with Crippen molar-refractivity contribution in [1.82, 2.24) is 4.90 Å². The van der Waals surface area contributed by atoms with E-state index in [1.54, 1.807) is 24.1 Å². The SMILES string of the molecule is COCCN(C)C(=N)N=C1C(=Cc2cccc(O)c2)CCN1c1ccc(C(C)C)cc1. The molecular weight excluding hydrogens is 388 g/mol. The molecule has 1 saturated heterocycles. The Kier molecular flexibility index (Phi) is 7.47. The molecule has 1 fully saturated rings. The fraction of sp³-hybridized carbons (Fsp3) is 0.360. The Balaban J connectivity index is 1.96. The quantitative estimate of drug-likeness (QED) is 0.524. The third-order valence-corrected chi connectivity index (χ3v) is 5.43. The van der Waals surface area contributed by atoms with Gasteiger partial charge in [-0.1, -0.05) is 38.1 Å². The number of amidine groups is 1. The molecule has 0 aromatic heterocycles. The van der Waals surface area contributed by atoms with E-state index in [-0.39, 0.29) is 11.7 Å². The second kappa shape index (κ2) is 10.3. The van der Waals surface area contributed by atoms with Crippen LogP contribution in [0.4, 0.5) is 5.69 Å². The van der Waals surface area contributed by atoms with E-state index in [1.807, 2.05) is 25.3 Å². The Morgan fingerprint density at radius 3 is 2.65 bits per heavy atom. The second-order valence-corrected chi connectivity index (χ2v) is 8.09. The van der Waals surface area contributed by atoms with Crippen LogP contribution >= 0.6 is 0 Å². The lowest BCUT2D eigenvalue weighted by Crippen LogP contribution is -2.32. The zero-order chi connectivity index (χ0) is 22.4. The van der Waals surface area contributed by atoms with Gasteiger partial charge in [-0.2, -0.15) is 4.99 Å². The minimum atomic E-state index is 0.194. The summed E-state index contributed by atoms with van der Waals surface area (Å²) in [6.45, 7) is 6.30. The number of ether oxygens (including phenoxy) is 1. The number of hydrogen-bond donors (Lipinski definition) is 2. The number of benzene rings is 2. The number of anilines is 1.